The van der Waals surface area contributed by atoms with Gasteiger partial charge in [0, 0.05) is 51.6 Å². The number of rotatable bonds is 8. The van der Waals surface area contributed by atoms with E-state index in [9.17, 15) is 0 Å². The van der Waals surface area contributed by atoms with E-state index in [4.69, 9.17) is 4.74 Å². The molecule has 0 bridgehead atoms. The van der Waals surface area contributed by atoms with E-state index >= 15 is 0 Å². The monoisotopic (exact) mass is 397 g/mol. The lowest BCUT2D eigenvalue weighted by atomic mass is 9.89. The number of aromatic nitrogens is 2. The molecule has 2 N–H and O–H groups in total. The molecule has 1 aliphatic heterocycles. The Bertz CT molecular complexity index is 768. The van der Waals surface area contributed by atoms with Gasteiger partial charge in [0.1, 0.15) is 5.82 Å². The van der Waals surface area contributed by atoms with Gasteiger partial charge in [-0.1, -0.05) is 29.8 Å². The molecule has 0 aliphatic carbocycles. The van der Waals surface area contributed by atoms with Crippen molar-refractivity contribution in [3.05, 3.63) is 53.6 Å². The average molecular weight is 398 g/mol. The van der Waals surface area contributed by atoms with Gasteiger partial charge in [0.25, 0.3) is 0 Å². The minimum Gasteiger partial charge on any atom is -0.373 e. The fourth-order valence-electron chi connectivity index (χ4n) is 3.88. The van der Waals surface area contributed by atoms with Gasteiger partial charge in [-0.05, 0) is 45.1 Å². The van der Waals surface area contributed by atoms with E-state index in [0.717, 1.165) is 57.3 Å². The maximum absolute atomic E-state index is 6.13. The third kappa shape index (κ3) is 6.32. The third-order valence-corrected chi connectivity index (χ3v) is 5.65. The normalized spacial score (nSPS) is 19.9. The molecule has 29 heavy (non-hydrogen) atoms. The smallest absolute Gasteiger partial charge is 0.190 e. The van der Waals surface area contributed by atoms with Crippen molar-refractivity contribution >= 4 is 5.96 Å². The van der Waals surface area contributed by atoms with Gasteiger partial charge in [0.15, 0.2) is 5.96 Å². The zero-order valence-corrected chi connectivity index (χ0v) is 18.0. The highest BCUT2D eigenvalue weighted by Gasteiger charge is 2.27. The standard InChI is InChI=1S/C23H35N5O/c1-18-8-10-20(11-9-18)22-21(7-6-16-29-22)17-27-23(24-3)26-12-4-5-14-28-15-13-25-19(28)2/h8-11,13,15,21-22H,4-7,12,14,16-17H2,1-3H3,(H2,24,26,27). The molecule has 2 atom stereocenters. The van der Waals surface area contributed by atoms with Crippen LogP contribution in [0.3, 0.4) is 0 Å². The fourth-order valence-corrected chi connectivity index (χ4v) is 3.88. The molecular weight excluding hydrogens is 362 g/mol. The molecule has 1 aromatic carbocycles. The van der Waals surface area contributed by atoms with Crippen LogP contribution in [0.15, 0.2) is 41.7 Å². The van der Waals surface area contributed by atoms with Crippen LogP contribution in [-0.4, -0.2) is 42.3 Å². The minimum absolute atomic E-state index is 0.161. The van der Waals surface area contributed by atoms with E-state index in [1.807, 2.05) is 26.4 Å². The highest BCUT2D eigenvalue weighted by molar-refractivity contribution is 5.79. The van der Waals surface area contributed by atoms with Gasteiger partial charge in [0.05, 0.1) is 6.10 Å². The summed E-state index contributed by atoms with van der Waals surface area (Å²) in [7, 11) is 1.83. The number of unbranched alkanes of at least 4 members (excludes halogenated alkanes) is 1. The SMILES string of the molecule is CN=C(NCCCCn1ccnc1C)NCC1CCCOC1c1ccc(C)cc1. The van der Waals surface area contributed by atoms with Crippen molar-refractivity contribution in [3.63, 3.8) is 0 Å². The van der Waals surface area contributed by atoms with Crippen LogP contribution < -0.4 is 10.6 Å². The van der Waals surface area contributed by atoms with E-state index in [2.05, 4.69) is 56.4 Å². The van der Waals surface area contributed by atoms with Crippen molar-refractivity contribution in [2.75, 3.05) is 26.7 Å². The summed E-state index contributed by atoms with van der Waals surface area (Å²) in [6, 6.07) is 8.74. The molecule has 1 aliphatic rings. The molecule has 1 aromatic heterocycles. The molecule has 2 unspecified atom stereocenters. The van der Waals surface area contributed by atoms with E-state index in [-0.39, 0.29) is 6.10 Å². The van der Waals surface area contributed by atoms with Gasteiger partial charge in [-0.3, -0.25) is 4.99 Å². The van der Waals surface area contributed by atoms with Crippen molar-refractivity contribution in [3.8, 4) is 0 Å². The number of aliphatic imine (C=N–C) groups is 1. The van der Waals surface area contributed by atoms with Gasteiger partial charge in [-0.25, -0.2) is 4.98 Å². The number of ether oxygens (including phenoxy) is 1. The highest BCUT2D eigenvalue weighted by atomic mass is 16.5. The molecule has 1 fully saturated rings. The second-order valence-electron chi connectivity index (χ2n) is 7.86. The van der Waals surface area contributed by atoms with Crippen LogP contribution in [0.4, 0.5) is 0 Å². The lowest BCUT2D eigenvalue weighted by Gasteiger charge is -2.32. The third-order valence-electron chi connectivity index (χ3n) is 5.65. The van der Waals surface area contributed by atoms with Crippen LogP contribution in [0.1, 0.15) is 48.7 Å². The van der Waals surface area contributed by atoms with E-state index in [1.54, 1.807) is 0 Å². The Labute approximate surface area is 174 Å². The first kappa shape index (κ1) is 21.4. The maximum atomic E-state index is 6.13. The van der Waals surface area contributed by atoms with Crippen LogP contribution in [-0.2, 0) is 11.3 Å². The van der Waals surface area contributed by atoms with Gasteiger partial charge >= 0.3 is 0 Å². The van der Waals surface area contributed by atoms with Crippen LogP contribution >= 0.6 is 0 Å². The molecule has 2 aromatic rings. The number of imidazole rings is 1. The molecule has 6 nitrogen and oxygen atoms in total. The van der Waals surface area contributed by atoms with Gasteiger partial charge in [0.2, 0.25) is 0 Å². The molecule has 158 valence electrons. The number of guanidine groups is 1. The Kier molecular flexibility index (Phi) is 8.11. The summed E-state index contributed by atoms with van der Waals surface area (Å²) < 4.78 is 8.33. The topological polar surface area (TPSA) is 63.5 Å². The number of aryl methyl sites for hydroxylation is 3. The van der Waals surface area contributed by atoms with Crippen molar-refractivity contribution in [1.29, 1.82) is 0 Å². The van der Waals surface area contributed by atoms with Crippen LogP contribution in [0, 0.1) is 19.8 Å². The second kappa shape index (κ2) is 11.0. The number of hydrogen-bond acceptors (Lipinski definition) is 3. The molecule has 0 amide bonds. The number of nitrogens with zero attached hydrogens (tertiary/aromatic N) is 3. The summed E-state index contributed by atoms with van der Waals surface area (Å²) >= 11 is 0. The molecule has 0 spiro atoms. The van der Waals surface area contributed by atoms with Crippen LogP contribution in [0.2, 0.25) is 0 Å². The number of nitrogens with one attached hydrogen (secondary N) is 2. The summed E-state index contributed by atoms with van der Waals surface area (Å²) in [5.74, 6) is 2.40. The van der Waals surface area contributed by atoms with E-state index < -0.39 is 0 Å². The summed E-state index contributed by atoms with van der Waals surface area (Å²) in [5.41, 5.74) is 2.56. The van der Waals surface area contributed by atoms with Gasteiger partial charge in [-0.2, -0.15) is 0 Å². The first-order valence-electron chi connectivity index (χ1n) is 10.8. The molecule has 0 radical (unpaired) electrons. The summed E-state index contributed by atoms with van der Waals surface area (Å²) in [5, 5.41) is 6.95. The van der Waals surface area contributed by atoms with Crippen LogP contribution in [0.5, 0.6) is 0 Å². The van der Waals surface area contributed by atoms with Crippen molar-refractivity contribution < 1.29 is 4.74 Å². The quantitative estimate of drug-likeness (QED) is 0.406. The fraction of sp³-hybridized carbons (Fsp3) is 0.565. The first-order valence-corrected chi connectivity index (χ1v) is 10.8. The van der Waals surface area contributed by atoms with Gasteiger partial charge in [-0.15, -0.1) is 0 Å². The maximum Gasteiger partial charge on any atom is 0.190 e. The Balaban J connectivity index is 1.41. The molecule has 6 heteroatoms. The number of hydrogen-bond donors (Lipinski definition) is 2. The lowest BCUT2D eigenvalue weighted by molar-refractivity contribution is -0.0265. The first-order chi connectivity index (χ1) is 14.2. The largest absolute Gasteiger partial charge is 0.373 e. The predicted octanol–water partition coefficient (Wildman–Crippen LogP) is 3.61. The minimum atomic E-state index is 0.161. The van der Waals surface area contributed by atoms with E-state index in [1.165, 1.54) is 17.5 Å². The molecule has 3 rings (SSSR count). The molecule has 0 saturated carbocycles. The molecule has 2 heterocycles. The van der Waals surface area contributed by atoms with Crippen LogP contribution in [0.25, 0.3) is 0 Å². The summed E-state index contributed by atoms with van der Waals surface area (Å²) in [6.07, 6.45) is 8.57. The lowest BCUT2D eigenvalue weighted by Crippen LogP contribution is -2.42. The highest BCUT2D eigenvalue weighted by Crippen LogP contribution is 2.33. The Morgan fingerprint density at radius 3 is 2.76 bits per heavy atom. The van der Waals surface area contributed by atoms with Crippen molar-refractivity contribution in [1.82, 2.24) is 20.2 Å². The predicted molar refractivity (Wildman–Crippen MR) is 118 cm³/mol. The Hall–Kier alpha value is -2.34. The second-order valence-corrected chi connectivity index (χ2v) is 7.86. The zero-order valence-electron chi connectivity index (χ0n) is 18.0. The summed E-state index contributed by atoms with van der Waals surface area (Å²) in [4.78, 5) is 8.65. The van der Waals surface area contributed by atoms with Crippen molar-refractivity contribution in [2.24, 2.45) is 10.9 Å². The Morgan fingerprint density at radius 1 is 1.21 bits per heavy atom. The summed E-state index contributed by atoms with van der Waals surface area (Å²) in [6.45, 7) is 7.80. The molecule has 1 saturated heterocycles. The van der Waals surface area contributed by atoms with E-state index in [0.29, 0.717) is 5.92 Å². The number of benzene rings is 1. The van der Waals surface area contributed by atoms with Gasteiger partial charge < -0.3 is 19.9 Å². The van der Waals surface area contributed by atoms with Crippen molar-refractivity contribution in [2.45, 2.75) is 52.2 Å². The Morgan fingerprint density at radius 2 is 2.03 bits per heavy atom. The molecular formula is C23H35N5O. The average Bonchev–Trinajstić information content (AvgIpc) is 3.15. The zero-order chi connectivity index (χ0) is 20.5.